The number of nitrogens with two attached hydrogens (primary N) is 1. The molecule has 4 nitrogen and oxygen atoms in total. The summed E-state index contributed by atoms with van der Waals surface area (Å²) in [4.78, 5) is 10.4. The minimum absolute atomic E-state index is 0.273. The van der Waals surface area contributed by atoms with Crippen molar-refractivity contribution in [2.45, 2.75) is 19.5 Å². The van der Waals surface area contributed by atoms with Gasteiger partial charge in [0.2, 0.25) is 0 Å². The molecule has 0 aliphatic carbocycles. The second kappa shape index (κ2) is 5.34. The maximum Gasteiger partial charge on any atom is 0.130 e. The van der Waals surface area contributed by atoms with Crippen molar-refractivity contribution in [3.05, 3.63) is 52.2 Å². The molecule has 20 heavy (non-hydrogen) atoms. The molecule has 0 bridgehead atoms. The first-order chi connectivity index (χ1) is 9.63. The molecule has 6 heteroatoms. The lowest BCUT2D eigenvalue weighted by atomic mass is 10.0. The van der Waals surface area contributed by atoms with Gasteiger partial charge in [-0.15, -0.1) is 0 Å². The van der Waals surface area contributed by atoms with Crippen molar-refractivity contribution >= 4 is 17.4 Å². The number of nitrogen functional groups attached to an aromatic ring is 1. The highest BCUT2D eigenvalue weighted by atomic mass is 35.5. The van der Waals surface area contributed by atoms with Gasteiger partial charge in [0, 0.05) is 35.8 Å². The summed E-state index contributed by atoms with van der Waals surface area (Å²) in [5.41, 5.74) is 8.42. The number of aromatic nitrogens is 2. The molecule has 2 heterocycles. The SMILES string of the molecule is Nc1ncnc2c1CCN(Cc1ccc(Cl)cc1F)C2. The fourth-order valence-electron chi connectivity index (χ4n) is 2.46. The molecule has 104 valence electrons. The average Bonchev–Trinajstić information content (AvgIpc) is 2.42. The van der Waals surface area contributed by atoms with Gasteiger partial charge in [-0.3, -0.25) is 4.90 Å². The van der Waals surface area contributed by atoms with Crippen molar-refractivity contribution in [2.75, 3.05) is 12.3 Å². The van der Waals surface area contributed by atoms with Crippen LogP contribution in [0.4, 0.5) is 10.2 Å². The number of rotatable bonds is 2. The van der Waals surface area contributed by atoms with Crippen molar-refractivity contribution in [3.63, 3.8) is 0 Å². The first kappa shape index (κ1) is 13.3. The van der Waals surface area contributed by atoms with Crippen molar-refractivity contribution in [1.82, 2.24) is 14.9 Å². The Kier molecular flexibility index (Phi) is 3.54. The van der Waals surface area contributed by atoms with E-state index in [1.807, 2.05) is 0 Å². The average molecular weight is 293 g/mol. The van der Waals surface area contributed by atoms with Crippen molar-refractivity contribution in [3.8, 4) is 0 Å². The molecule has 1 aromatic carbocycles. The number of hydrogen-bond donors (Lipinski definition) is 1. The highest BCUT2D eigenvalue weighted by Gasteiger charge is 2.20. The Bertz CT molecular complexity index is 647. The Balaban J connectivity index is 1.77. The van der Waals surface area contributed by atoms with E-state index in [0.717, 1.165) is 24.2 Å². The highest BCUT2D eigenvalue weighted by molar-refractivity contribution is 6.30. The van der Waals surface area contributed by atoms with E-state index in [1.165, 1.54) is 12.4 Å². The van der Waals surface area contributed by atoms with Gasteiger partial charge in [0.15, 0.2) is 0 Å². The van der Waals surface area contributed by atoms with Crippen LogP contribution in [-0.4, -0.2) is 21.4 Å². The van der Waals surface area contributed by atoms with Gasteiger partial charge < -0.3 is 5.73 Å². The van der Waals surface area contributed by atoms with Crippen LogP contribution in [0, 0.1) is 5.82 Å². The van der Waals surface area contributed by atoms with E-state index in [0.29, 0.717) is 29.5 Å². The second-order valence-corrected chi connectivity index (χ2v) is 5.32. The normalized spacial score (nSPS) is 15.1. The van der Waals surface area contributed by atoms with Crippen LogP contribution in [0.25, 0.3) is 0 Å². The van der Waals surface area contributed by atoms with Gasteiger partial charge in [-0.25, -0.2) is 14.4 Å². The quantitative estimate of drug-likeness (QED) is 0.923. The number of hydrogen-bond acceptors (Lipinski definition) is 4. The topological polar surface area (TPSA) is 55.0 Å². The number of anilines is 1. The lowest BCUT2D eigenvalue weighted by Gasteiger charge is -2.28. The molecular formula is C14H14ClFN4. The van der Waals surface area contributed by atoms with E-state index >= 15 is 0 Å². The molecular weight excluding hydrogens is 279 g/mol. The van der Waals surface area contributed by atoms with E-state index in [4.69, 9.17) is 17.3 Å². The van der Waals surface area contributed by atoms with Gasteiger partial charge in [0.05, 0.1) is 5.69 Å². The van der Waals surface area contributed by atoms with Crippen LogP contribution >= 0.6 is 11.6 Å². The monoisotopic (exact) mass is 292 g/mol. The third-order valence-electron chi connectivity index (χ3n) is 3.53. The molecule has 2 aromatic rings. The molecule has 0 saturated carbocycles. The molecule has 3 rings (SSSR count). The van der Waals surface area contributed by atoms with Gasteiger partial charge in [0.1, 0.15) is 18.0 Å². The molecule has 0 saturated heterocycles. The van der Waals surface area contributed by atoms with Crippen LogP contribution in [0.1, 0.15) is 16.8 Å². The third-order valence-corrected chi connectivity index (χ3v) is 3.76. The van der Waals surface area contributed by atoms with Gasteiger partial charge in [-0.1, -0.05) is 17.7 Å². The molecule has 0 radical (unpaired) electrons. The zero-order valence-corrected chi connectivity index (χ0v) is 11.6. The lowest BCUT2D eigenvalue weighted by molar-refractivity contribution is 0.238. The van der Waals surface area contributed by atoms with Crippen molar-refractivity contribution in [1.29, 1.82) is 0 Å². The van der Waals surface area contributed by atoms with Gasteiger partial charge in [-0.2, -0.15) is 0 Å². The number of benzene rings is 1. The standard InChI is InChI=1S/C14H14ClFN4/c15-10-2-1-9(12(16)5-10)6-20-4-3-11-13(7-20)18-8-19-14(11)17/h1-2,5,8H,3-4,6-7H2,(H2,17,18,19). The Morgan fingerprint density at radius 2 is 2.20 bits per heavy atom. The summed E-state index contributed by atoms with van der Waals surface area (Å²) in [5, 5.41) is 0.413. The smallest absolute Gasteiger partial charge is 0.130 e. The maximum absolute atomic E-state index is 13.8. The van der Waals surface area contributed by atoms with E-state index in [9.17, 15) is 4.39 Å². The zero-order chi connectivity index (χ0) is 14.1. The van der Waals surface area contributed by atoms with Crippen LogP contribution in [0.15, 0.2) is 24.5 Å². The second-order valence-electron chi connectivity index (χ2n) is 4.88. The molecule has 0 atom stereocenters. The Morgan fingerprint density at radius 1 is 1.35 bits per heavy atom. The fourth-order valence-corrected chi connectivity index (χ4v) is 2.62. The van der Waals surface area contributed by atoms with Crippen molar-refractivity contribution in [2.24, 2.45) is 0 Å². The zero-order valence-electron chi connectivity index (χ0n) is 10.8. The van der Waals surface area contributed by atoms with Crippen LogP contribution in [0.3, 0.4) is 0 Å². The fraction of sp³-hybridized carbons (Fsp3) is 0.286. The highest BCUT2D eigenvalue weighted by Crippen LogP contribution is 2.23. The van der Waals surface area contributed by atoms with Crippen LogP contribution in [-0.2, 0) is 19.5 Å². The largest absolute Gasteiger partial charge is 0.383 e. The minimum atomic E-state index is -0.273. The van der Waals surface area contributed by atoms with Crippen molar-refractivity contribution < 1.29 is 4.39 Å². The van der Waals surface area contributed by atoms with Crippen LogP contribution < -0.4 is 5.73 Å². The molecule has 0 amide bonds. The summed E-state index contributed by atoms with van der Waals surface area (Å²) >= 11 is 5.76. The van der Waals surface area contributed by atoms with Gasteiger partial charge in [0.25, 0.3) is 0 Å². The molecule has 0 unspecified atom stereocenters. The minimum Gasteiger partial charge on any atom is -0.383 e. The van der Waals surface area contributed by atoms with Crippen LogP contribution in [0.5, 0.6) is 0 Å². The summed E-state index contributed by atoms with van der Waals surface area (Å²) < 4.78 is 13.8. The Hall–Kier alpha value is -1.72. The Labute approximate surface area is 121 Å². The molecule has 0 spiro atoms. The summed E-state index contributed by atoms with van der Waals surface area (Å²) in [6.45, 7) is 2.00. The molecule has 0 fully saturated rings. The summed E-state index contributed by atoms with van der Waals surface area (Å²) in [7, 11) is 0. The van der Waals surface area contributed by atoms with E-state index < -0.39 is 0 Å². The maximum atomic E-state index is 13.8. The van der Waals surface area contributed by atoms with Gasteiger partial charge in [-0.05, 0) is 18.6 Å². The van der Waals surface area contributed by atoms with Crippen LogP contribution in [0.2, 0.25) is 5.02 Å². The molecule has 1 aromatic heterocycles. The van der Waals surface area contributed by atoms with E-state index in [1.54, 1.807) is 12.1 Å². The summed E-state index contributed by atoms with van der Waals surface area (Å²) in [6, 6.07) is 4.77. The summed E-state index contributed by atoms with van der Waals surface area (Å²) in [5.74, 6) is 0.276. The first-order valence-electron chi connectivity index (χ1n) is 6.38. The predicted octanol–water partition coefficient (Wildman–Crippen LogP) is 2.41. The Morgan fingerprint density at radius 3 is 3.00 bits per heavy atom. The number of nitrogens with zero attached hydrogens (tertiary/aromatic N) is 3. The lowest BCUT2D eigenvalue weighted by Crippen LogP contribution is -2.31. The third kappa shape index (κ3) is 2.59. The van der Waals surface area contributed by atoms with Gasteiger partial charge >= 0.3 is 0 Å². The molecule has 1 aliphatic rings. The summed E-state index contributed by atoms with van der Waals surface area (Å²) in [6.07, 6.45) is 2.26. The van der Waals surface area contributed by atoms with E-state index in [-0.39, 0.29) is 5.82 Å². The number of halogens is 2. The first-order valence-corrected chi connectivity index (χ1v) is 6.76. The van der Waals surface area contributed by atoms with E-state index in [2.05, 4.69) is 14.9 Å². The molecule has 1 aliphatic heterocycles. The number of fused-ring (bicyclic) bond motifs is 1. The molecule has 2 N–H and O–H groups in total. The predicted molar refractivity (Wildman–Crippen MR) is 75.7 cm³/mol.